The summed E-state index contributed by atoms with van der Waals surface area (Å²) in [6.07, 6.45) is 1.82. The number of piperidine rings is 1. The first kappa shape index (κ1) is 15.3. The van der Waals surface area contributed by atoms with Gasteiger partial charge in [-0.2, -0.15) is 0 Å². The van der Waals surface area contributed by atoms with E-state index < -0.39 is 9.84 Å². The molecule has 1 saturated heterocycles. The lowest BCUT2D eigenvalue weighted by Gasteiger charge is -2.35. The van der Waals surface area contributed by atoms with Crippen LogP contribution in [0.2, 0.25) is 0 Å². The molecular formula is C15H23NO3S. The minimum atomic E-state index is -3.13. The van der Waals surface area contributed by atoms with E-state index in [1.807, 2.05) is 19.1 Å². The van der Waals surface area contributed by atoms with Gasteiger partial charge in [-0.15, -0.1) is 0 Å². The molecule has 2 rings (SSSR count). The van der Waals surface area contributed by atoms with Gasteiger partial charge in [-0.1, -0.05) is 6.92 Å². The zero-order chi connectivity index (χ0) is 14.8. The molecule has 0 aliphatic carbocycles. The number of benzene rings is 1. The second kappa shape index (κ2) is 6.14. The quantitative estimate of drug-likeness (QED) is 0.924. The molecule has 1 fully saturated rings. The van der Waals surface area contributed by atoms with Crippen LogP contribution in [0.5, 0.6) is 0 Å². The van der Waals surface area contributed by atoms with E-state index in [2.05, 4.69) is 4.90 Å². The van der Waals surface area contributed by atoms with Crippen LogP contribution in [0, 0.1) is 5.92 Å². The molecule has 1 aliphatic rings. The third kappa shape index (κ3) is 3.33. The van der Waals surface area contributed by atoms with Crippen LogP contribution >= 0.6 is 0 Å². The molecule has 5 heteroatoms. The minimum Gasteiger partial charge on any atom is -0.393 e. The smallest absolute Gasteiger partial charge is 0.178 e. The molecule has 0 aromatic heterocycles. The Hall–Kier alpha value is -1.07. The Balaban J connectivity index is 2.14. The molecule has 1 aliphatic heterocycles. The van der Waals surface area contributed by atoms with Crippen molar-refractivity contribution in [2.24, 2.45) is 5.92 Å². The Labute approximate surface area is 121 Å². The van der Waals surface area contributed by atoms with Gasteiger partial charge < -0.3 is 10.0 Å². The number of aliphatic hydroxyl groups is 1. The van der Waals surface area contributed by atoms with E-state index in [1.165, 1.54) is 0 Å². The fourth-order valence-corrected chi connectivity index (χ4v) is 3.55. The van der Waals surface area contributed by atoms with Crippen molar-refractivity contribution in [3.8, 4) is 0 Å². The van der Waals surface area contributed by atoms with Gasteiger partial charge in [0.1, 0.15) is 0 Å². The lowest BCUT2D eigenvalue weighted by atomic mass is 9.93. The van der Waals surface area contributed by atoms with Gasteiger partial charge in [0.25, 0.3) is 0 Å². The highest BCUT2D eigenvalue weighted by atomic mass is 32.2. The van der Waals surface area contributed by atoms with Gasteiger partial charge in [0.05, 0.1) is 16.8 Å². The van der Waals surface area contributed by atoms with Gasteiger partial charge in [0.2, 0.25) is 0 Å². The number of sulfone groups is 1. The summed E-state index contributed by atoms with van der Waals surface area (Å²) in [5, 5.41) is 9.72. The zero-order valence-corrected chi connectivity index (χ0v) is 12.9. The van der Waals surface area contributed by atoms with Crippen molar-refractivity contribution >= 4 is 15.5 Å². The molecule has 0 unspecified atom stereocenters. The number of nitrogens with zero attached hydrogens (tertiary/aromatic N) is 1. The average molecular weight is 297 g/mol. The molecule has 1 aromatic carbocycles. The molecule has 0 spiro atoms. The maximum absolute atomic E-state index is 11.8. The third-order valence-electron chi connectivity index (χ3n) is 4.08. The van der Waals surface area contributed by atoms with Gasteiger partial charge in [-0.3, -0.25) is 0 Å². The molecule has 112 valence electrons. The summed E-state index contributed by atoms with van der Waals surface area (Å²) < 4.78 is 23.6. The molecule has 0 radical (unpaired) electrons. The maximum atomic E-state index is 11.8. The summed E-state index contributed by atoms with van der Waals surface area (Å²) >= 11 is 0. The molecule has 20 heavy (non-hydrogen) atoms. The molecule has 2 atom stereocenters. The van der Waals surface area contributed by atoms with Crippen LogP contribution in [0.1, 0.15) is 26.7 Å². The third-order valence-corrected chi connectivity index (χ3v) is 5.83. The summed E-state index contributed by atoms with van der Waals surface area (Å²) in [5.74, 6) is 0.419. The lowest BCUT2D eigenvalue weighted by molar-refractivity contribution is 0.115. The SMILES string of the molecule is CCS(=O)(=O)c1ccc(N2CCC[C@H]([C@@H](C)O)C2)cc1. The lowest BCUT2D eigenvalue weighted by Crippen LogP contribution is -2.39. The van der Waals surface area contributed by atoms with E-state index in [4.69, 9.17) is 0 Å². The van der Waals surface area contributed by atoms with Crippen molar-refractivity contribution in [3.05, 3.63) is 24.3 Å². The number of aliphatic hydroxyl groups excluding tert-OH is 1. The van der Waals surface area contributed by atoms with E-state index >= 15 is 0 Å². The van der Waals surface area contributed by atoms with Gasteiger partial charge in [0.15, 0.2) is 9.84 Å². The van der Waals surface area contributed by atoms with Crippen LogP contribution < -0.4 is 4.90 Å². The summed E-state index contributed by atoms with van der Waals surface area (Å²) in [6, 6.07) is 7.10. The Morgan fingerprint density at radius 1 is 1.35 bits per heavy atom. The molecule has 4 nitrogen and oxygen atoms in total. The highest BCUT2D eigenvalue weighted by Crippen LogP contribution is 2.26. The highest BCUT2D eigenvalue weighted by Gasteiger charge is 2.23. The van der Waals surface area contributed by atoms with Crippen LogP contribution in [0.15, 0.2) is 29.2 Å². The summed E-state index contributed by atoms with van der Waals surface area (Å²) in [4.78, 5) is 2.61. The number of anilines is 1. The fourth-order valence-electron chi connectivity index (χ4n) is 2.67. The Morgan fingerprint density at radius 2 is 2.00 bits per heavy atom. The van der Waals surface area contributed by atoms with Gasteiger partial charge >= 0.3 is 0 Å². The topological polar surface area (TPSA) is 57.6 Å². The summed E-state index contributed by atoms with van der Waals surface area (Å²) in [7, 11) is -3.13. The van der Waals surface area contributed by atoms with Gasteiger partial charge in [-0.05, 0) is 44.0 Å². The molecule has 1 N–H and O–H groups in total. The summed E-state index contributed by atoms with van der Waals surface area (Å²) in [5.41, 5.74) is 1.03. The van der Waals surface area contributed by atoms with Crippen molar-refractivity contribution in [2.45, 2.75) is 37.7 Å². The highest BCUT2D eigenvalue weighted by molar-refractivity contribution is 7.91. The standard InChI is InChI=1S/C15H23NO3S/c1-3-20(18,19)15-8-6-14(7-9-15)16-10-4-5-13(11-16)12(2)17/h6-9,12-13,17H,3-5,10-11H2,1-2H3/t12-,13+/m1/s1. The number of rotatable bonds is 4. The Morgan fingerprint density at radius 3 is 2.55 bits per heavy atom. The fraction of sp³-hybridized carbons (Fsp3) is 0.600. The first-order valence-electron chi connectivity index (χ1n) is 7.20. The molecule has 0 saturated carbocycles. The Kier molecular flexibility index (Phi) is 4.70. The predicted octanol–water partition coefficient (Wildman–Crippen LogP) is 2.08. The number of hydrogen-bond acceptors (Lipinski definition) is 4. The average Bonchev–Trinajstić information content (AvgIpc) is 2.47. The monoisotopic (exact) mass is 297 g/mol. The van der Waals surface area contributed by atoms with E-state index in [0.29, 0.717) is 10.8 Å². The van der Waals surface area contributed by atoms with E-state index in [-0.39, 0.29) is 11.9 Å². The van der Waals surface area contributed by atoms with Crippen molar-refractivity contribution in [1.29, 1.82) is 0 Å². The largest absolute Gasteiger partial charge is 0.393 e. The van der Waals surface area contributed by atoms with Crippen molar-refractivity contribution < 1.29 is 13.5 Å². The molecule has 0 amide bonds. The predicted molar refractivity (Wildman–Crippen MR) is 80.8 cm³/mol. The molecule has 1 heterocycles. The zero-order valence-electron chi connectivity index (χ0n) is 12.1. The van der Waals surface area contributed by atoms with Crippen LogP contribution in [0.4, 0.5) is 5.69 Å². The molecule has 1 aromatic rings. The molecule has 0 bridgehead atoms. The Bertz CT molecular complexity index is 537. The van der Waals surface area contributed by atoms with Crippen molar-refractivity contribution in [3.63, 3.8) is 0 Å². The first-order chi connectivity index (χ1) is 9.44. The second-order valence-corrected chi connectivity index (χ2v) is 7.76. The number of hydrogen-bond donors (Lipinski definition) is 1. The normalized spacial score (nSPS) is 21.8. The van der Waals surface area contributed by atoms with E-state index in [0.717, 1.165) is 31.6 Å². The maximum Gasteiger partial charge on any atom is 0.178 e. The van der Waals surface area contributed by atoms with Crippen LogP contribution in [-0.4, -0.2) is 38.5 Å². The van der Waals surface area contributed by atoms with Crippen molar-refractivity contribution in [2.75, 3.05) is 23.7 Å². The van der Waals surface area contributed by atoms with Crippen molar-refractivity contribution in [1.82, 2.24) is 0 Å². The van der Waals surface area contributed by atoms with Crippen LogP contribution in [-0.2, 0) is 9.84 Å². The second-order valence-electron chi connectivity index (χ2n) is 5.49. The van der Waals surface area contributed by atoms with Crippen LogP contribution in [0.3, 0.4) is 0 Å². The minimum absolute atomic E-state index is 0.125. The van der Waals surface area contributed by atoms with E-state index in [9.17, 15) is 13.5 Å². The first-order valence-corrected chi connectivity index (χ1v) is 8.85. The molecular weight excluding hydrogens is 274 g/mol. The van der Waals surface area contributed by atoms with Gasteiger partial charge in [-0.25, -0.2) is 8.42 Å². The van der Waals surface area contributed by atoms with E-state index in [1.54, 1.807) is 19.1 Å². The van der Waals surface area contributed by atoms with Crippen LogP contribution in [0.25, 0.3) is 0 Å². The summed E-state index contributed by atoms with van der Waals surface area (Å²) in [6.45, 7) is 5.28. The van der Waals surface area contributed by atoms with Gasteiger partial charge in [0, 0.05) is 24.7 Å².